The average Bonchev–Trinajstić information content (AvgIpc) is 3.06. The number of hydrogen-bond acceptors (Lipinski definition) is 5. The number of thiocarbonyl (C=S) groups is 1. The smallest absolute Gasteiger partial charge is 0.270 e. The van der Waals surface area contributed by atoms with E-state index in [0.717, 1.165) is 14.9 Å². The highest BCUT2D eigenvalue weighted by Gasteiger charge is 2.35. The molecule has 1 aliphatic rings. The van der Waals surface area contributed by atoms with E-state index in [0.29, 0.717) is 21.6 Å². The van der Waals surface area contributed by atoms with E-state index in [1.807, 2.05) is 31.2 Å². The van der Waals surface area contributed by atoms with Gasteiger partial charge in [-0.3, -0.25) is 19.8 Å². The maximum Gasteiger partial charge on any atom is 0.270 e. The molecular formula is C22H14BrClN2O3S2. The van der Waals surface area contributed by atoms with Crippen molar-refractivity contribution in [2.45, 2.75) is 16.9 Å². The molecule has 0 spiro atoms. The number of rotatable bonds is 4. The molecule has 31 heavy (non-hydrogen) atoms. The van der Waals surface area contributed by atoms with Crippen molar-refractivity contribution in [1.82, 2.24) is 5.32 Å². The van der Waals surface area contributed by atoms with Gasteiger partial charge in [-0.05, 0) is 77.5 Å². The number of aryl methyl sites for hydroxylation is 1. The summed E-state index contributed by atoms with van der Waals surface area (Å²) in [5.74, 6) is -0.788. The zero-order valence-electron chi connectivity index (χ0n) is 16.0. The zero-order valence-corrected chi connectivity index (χ0v) is 20.0. The highest BCUT2D eigenvalue weighted by atomic mass is 79.9. The Bertz CT molecular complexity index is 1240. The van der Waals surface area contributed by atoms with Crippen LogP contribution in [-0.2, 0) is 9.59 Å². The molecule has 0 bridgehead atoms. The number of hydrogen-bond donors (Lipinski definition) is 1. The zero-order chi connectivity index (χ0) is 22.1. The molecule has 3 aromatic rings. The van der Waals surface area contributed by atoms with Crippen molar-refractivity contribution in [2.24, 2.45) is 0 Å². The highest BCUT2D eigenvalue weighted by molar-refractivity contribution is 9.10. The first kappa shape index (κ1) is 21.8. The van der Waals surface area contributed by atoms with E-state index in [-0.39, 0.29) is 10.7 Å². The Labute approximate surface area is 201 Å². The van der Waals surface area contributed by atoms with E-state index in [9.17, 15) is 9.59 Å². The predicted octanol–water partition coefficient (Wildman–Crippen LogP) is 5.99. The Balaban J connectivity index is 1.64. The molecule has 0 atom stereocenters. The standard InChI is InChI=1S/C22H14BrClN2O3S2/c1-12-5-7-16(8-6-12)31-21-18(23)11-15(29-21)10-17-19(27)25-22(30)26(20(17)28)14-4-2-3-13(24)9-14/h2-11H,1H3,(H,25,27,30)/b17-10+. The lowest BCUT2D eigenvalue weighted by atomic mass is 10.1. The maximum absolute atomic E-state index is 13.1. The third-order valence-corrected chi connectivity index (χ3v) is 6.73. The Morgan fingerprint density at radius 3 is 2.61 bits per heavy atom. The molecule has 1 N–H and O–H groups in total. The number of halogens is 2. The number of nitrogens with one attached hydrogen (secondary N) is 1. The quantitative estimate of drug-likeness (QED) is 0.254. The van der Waals surface area contributed by atoms with Gasteiger partial charge in [0.2, 0.25) is 0 Å². The molecule has 4 rings (SSSR count). The fraction of sp³-hybridized carbons (Fsp3) is 0.0455. The number of amides is 2. The summed E-state index contributed by atoms with van der Waals surface area (Å²) in [7, 11) is 0. The number of furan rings is 1. The van der Waals surface area contributed by atoms with Gasteiger partial charge in [0.1, 0.15) is 11.3 Å². The van der Waals surface area contributed by atoms with Crippen LogP contribution in [0.4, 0.5) is 5.69 Å². The van der Waals surface area contributed by atoms with Crippen LogP contribution in [0.1, 0.15) is 11.3 Å². The normalized spacial score (nSPS) is 15.5. The second kappa shape index (κ2) is 9.00. The summed E-state index contributed by atoms with van der Waals surface area (Å²) in [4.78, 5) is 27.8. The molecule has 1 saturated heterocycles. The van der Waals surface area contributed by atoms with E-state index in [1.54, 1.807) is 30.3 Å². The molecule has 2 heterocycles. The Kier molecular flexibility index (Phi) is 6.34. The van der Waals surface area contributed by atoms with E-state index in [4.69, 9.17) is 28.2 Å². The van der Waals surface area contributed by atoms with Crippen LogP contribution in [0, 0.1) is 6.92 Å². The van der Waals surface area contributed by atoms with Crippen LogP contribution in [0.5, 0.6) is 0 Å². The van der Waals surface area contributed by atoms with Gasteiger partial charge < -0.3 is 4.42 Å². The van der Waals surface area contributed by atoms with Crippen LogP contribution in [0.2, 0.25) is 5.02 Å². The molecule has 1 fully saturated rings. The van der Waals surface area contributed by atoms with Crippen molar-refractivity contribution in [3.63, 3.8) is 0 Å². The average molecular weight is 534 g/mol. The first-order chi connectivity index (χ1) is 14.8. The lowest BCUT2D eigenvalue weighted by Gasteiger charge is -2.28. The molecular weight excluding hydrogens is 520 g/mol. The van der Waals surface area contributed by atoms with Gasteiger partial charge in [-0.1, -0.05) is 47.1 Å². The summed E-state index contributed by atoms with van der Waals surface area (Å²) in [5.41, 5.74) is 1.53. The van der Waals surface area contributed by atoms with Gasteiger partial charge >= 0.3 is 0 Å². The van der Waals surface area contributed by atoms with E-state index >= 15 is 0 Å². The summed E-state index contributed by atoms with van der Waals surface area (Å²) in [5, 5.41) is 3.59. The lowest BCUT2D eigenvalue weighted by molar-refractivity contribution is -0.122. The molecule has 2 aromatic carbocycles. The molecule has 156 valence electrons. The monoisotopic (exact) mass is 532 g/mol. The second-order valence-corrected chi connectivity index (χ2v) is 9.36. The molecule has 0 radical (unpaired) electrons. The van der Waals surface area contributed by atoms with Crippen LogP contribution >= 0.6 is 51.5 Å². The number of carbonyl (C=O) groups excluding carboxylic acids is 2. The first-order valence-corrected chi connectivity index (χ1v) is 11.4. The molecule has 9 heteroatoms. The van der Waals surface area contributed by atoms with E-state index in [1.165, 1.54) is 22.7 Å². The molecule has 1 aliphatic heterocycles. The molecule has 0 unspecified atom stereocenters. The summed E-state index contributed by atoms with van der Waals surface area (Å²) < 4.78 is 6.59. The topological polar surface area (TPSA) is 62.6 Å². The van der Waals surface area contributed by atoms with Crippen molar-refractivity contribution in [1.29, 1.82) is 0 Å². The fourth-order valence-electron chi connectivity index (χ4n) is 2.87. The largest absolute Gasteiger partial charge is 0.449 e. The summed E-state index contributed by atoms with van der Waals surface area (Å²) in [6.07, 6.45) is 1.40. The highest BCUT2D eigenvalue weighted by Crippen LogP contribution is 2.37. The number of anilines is 1. The van der Waals surface area contributed by atoms with Gasteiger partial charge in [0.25, 0.3) is 11.8 Å². The van der Waals surface area contributed by atoms with Crippen molar-refractivity contribution < 1.29 is 14.0 Å². The second-order valence-electron chi connectivity index (χ2n) is 6.64. The van der Waals surface area contributed by atoms with Crippen molar-refractivity contribution in [3.8, 4) is 0 Å². The van der Waals surface area contributed by atoms with Gasteiger partial charge in [0.15, 0.2) is 10.2 Å². The molecule has 5 nitrogen and oxygen atoms in total. The molecule has 0 aliphatic carbocycles. The van der Waals surface area contributed by atoms with Gasteiger partial charge in [-0.2, -0.15) is 0 Å². The van der Waals surface area contributed by atoms with Crippen LogP contribution in [0.3, 0.4) is 0 Å². The van der Waals surface area contributed by atoms with Crippen LogP contribution < -0.4 is 10.2 Å². The van der Waals surface area contributed by atoms with Gasteiger partial charge in [0.05, 0.1) is 10.2 Å². The van der Waals surface area contributed by atoms with Crippen LogP contribution in [0.25, 0.3) is 6.08 Å². The van der Waals surface area contributed by atoms with Crippen LogP contribution in [0.15, 0.2) is 79.0 Å². The summed E-state index contributed by atoms with van der Waals surface area (Å²) in [6.45, 7) is 2.02. The SMILES string of the molecule is Cc1ccc(Sc2oc(/C=C3\C(=O)NC(=S)N(c4cccc(Cl)c4)C3=O)cc2Br)cc1. The third-order valence-electron chi connectivity index (χ3n) is 4.36. The van der Waals surface area contributed by atoms with Crippen LogP contribution in [-0.4, -0.2) is 16.9 Å². The summed E-state index contributed by atoms with van der Waals surface area (Å²) >= 11 is 16.2. The number of nitrogens with zero attached hydrogens (tertiary/aromatic N) is 1. The van der Waals surface area contributed by atoms with Crippen molar-refractivity contribution >= 4 is 80.2 Å². The Hall–Kier alpha value is -2.39. The Morgan fingerprint density at radius 2 is 1.90 bits per heavy atom. The van der Waals surface area contributed by atoms with Gasteiger partial charge in [-0.15, -0.1) is 0 Å². The van der Waals surface area contributed by atoms with Gasteiger partial charge in [0, 0.05) is 9.92 Å². The number of benzene rings is 2. The molecule has 1 aromatic heterocycles. The van der Waals surface area contributed by atoms with Gasteiger partial charge in [-0.25, -0.2) is 0 Å². The first-order valence-electron chi connectivity index (χ1n) is 9.03. The van der Waals surface area contributed by atoms with Crippen molar-refractivity contribution in [2.75, 3.05) is 4.90 Å². The summed E-state index contributed by atoms with van der Waals surface area (Å²) in [6, 6.07) is 16.4. The molecule has 0 saturated carbocycles. The minimum Gasteiger partial charge on any atom is -0.449 e. The maximum atomic E-state index is 13.1. The predicted molar refractivity (Wildman–Crippen MR) is 129 cm³/mol. The minimum absolute atomic E-state index is 0.00865. The van der Waals surface area contributed by atoms with Crippen molar-refractivity contribution in [3.05, 3.63) is 81.0 Å². The minimum atomic E-state index is -0.589. The van der Waals surface area contributed by atoms with E-state index in [2.05, 4.69) is 21.2 Å². The molecule has 2 amide bonds. The Morgan fingerprint density at radius 1 is 1.16 bits per heavy atom. The van der Waals surface area contributed by atoms with E-state index < -0.39 is 11.8 Å². The fourth-order valence-corrected chi connectivity index (χ4v) is 4.67. The third kappa shape index (κ3) is 4.77. The number of carbonyl (C=O) groups is 2. The lowest BCUT2D eigenvalue weighted by Crippen LogP contribution is -2.54.